The molecule has 2 aromatic carbocycles. The van der Waals surface area contributed by atoms with E-state index in [4.69, 9.17) is 0 Å². The number of hydrogen-bond donors (Lipinski definition) is 2. The summed E-state index contributed by atoms with van der Waals surface area (Å²) in [5.74, 6) is -0.00957. The molecular formula is C21H26N4O3S. The maximum Gasteiger partial charge on any atom is 0.258 e. The lowest BCUT2D eigenvalue weighted by Crippen LogP contribution is -2.30. The highest BCUT2D eigenvalue weighted by Crippen LogP contribution is 2.28. The van der Waals surface area contributed by atoms with Gasteiger partial charge in [0.1, 0.15) is 0 Å². The summed E-state index contributed by atoms with van der Waals surface area (Å²) in [4.78, 5) is 17.5. The van der Waals surface area contributed by atoms with Crippen molar-refractivity contribution in [3.05, 3.63) is 54.1 Å². The molecule has 0 unspecified atom stereocenters. The molecule has 0 saturated heterocycles. The molecule has 29 heavy (non-hydrogen) atoms. The van der Waals surface area contributed by atoms with Crippen LogP contribution in [0, 0.1) is 0 Å². The number of carbonyl (C=O) groups is 1. The number of para-hydroxylation sites is 2. The van der Waals surface area contributed by atoms with Crippen molar-refractivity contribution in [1.29, 1.82) is 0 Å². The molecule has 1 amide bonds. The Kier molecular flexibility index (Phi) is 5.51. The van der Waals surface area contributed by atoms with Crippen LogP contribution in [-0.4, -0.2) is 29.9 Å². The number of rotatable bonds is 5. The number of imidazole rings is 1. The fourth-order valence-electron chi connectivity index (χ4n) is 3.15. The maximum atomic E-state index is 12.9. The van der Waals surface area contributed by atoms with Gasteiger partial charge in [0.2, 0.25) is 16.0 Å². The molecule has 8 heteroatoms. The van der Waals surface area contributed by atoms with Gasteiger partial charge in [-0.15, -0.1) is 0 Å². The highest BCUT2D eigenvalue weighted by atomic mass is 32.2. The number of fused-ring (bicyclic) bond motifs is 1. The number of anilines is 1. The van der Waals surface area contributed by atoms with E-state index in [0.29, 0.717) is 5.95 Å². The van der Waals surface area contributed by atoms with Crippen LogP contribution in [0.5, 0.6) is 0 Å². The van der Waals surface area contributed by atoms with Crippen molar-refractivity contribution in [2.45, 2.75) is 51.1 Å². The third-order valence-electron chi connectivity index (χ3n) is 4.25. The van der Waals surface area contributed by atoms with E-state index in [1.54, 1.807) is 26.0 Å². The molecule has 3 aromatic rings. The van der Waals surface area contributed by atoms with Crippen LogP contribution in [0.2, 0.25) is 0 Å². The van der Waals surface area contributed by atoms with Crippen LogP contribution in [0.15, 0.2) is 53.4 Å². The third-order valence-corrected chi connectivity index (χ3v) is 5.91. The zero-order valence-electron chi connectivity index (χ0n) is 17.2. The monoisotopic (exact) mass is 414 g/mol. The van der Waals surface area contributed by atoms with Gasteiger partial charge in [0.15, 0.2) is 0 Å². The molecular weight excluding hydrogens is 388 g/mol. The van der Waals surface area contributed by atoms with Gasteiger partial charge in [0.05, 0.1) is 15.9 Å². The molecule has 7 nitrogen and oxygen atoms in total. The average molecular weight is 415 g/mol. The number of hydrogen-bond acceptors (Lipinski definition) is 4. The fourth-order valence-corrected chi connectivity index (χ4v) is 4.44. The molecule has 154 valence electrons. The van der Waals surface area contributed by atoms with E-state index in [-0.39, 0.29) is 22.0 Å². The van der Waals surface area contributed by atoms with E-state index in [9.17, 15) is 13.2 Å². The van der Waals surface area contributed by atoms with Gasteiger partial charge in [-0.05, 0) is 65.0 Å². The Hall–Kier alpha value is -2.71. The number of benzene rings is 2. The smallest absolute Gasteiger partial charge is 0.258 e. The summed E-state index contributed by atoms with van der Waals surface area (Å²) in [7, 11) is -3.69. The predicted octanol–water partition coefficient (Wildman–Crippen LogP) is 3.73. The van der Waals surface area contributed by atoms with E-state index >= 15 is 0 Å². The largest absolute Gasteiger partial charge is 0.305 e. The molecule has 1 heterocycles. The first kappa shape index (κ1) is 21.0. The topological polar surface area (TPSA) is 93.1 Å². The van der Waals surface area contributed by atoms with E-state index in [1.165, 1.54) is 12.1 Å². The molecule has 0 aliphatic heterocycles. The lowest BCUT2D eigenvalue weighted by molar-refractivity contribution is 0.102. The van der Waals surface area contributed by atoms with Crippen molar-refractivity contribution in [2.24, 2.45) is 0 Å². The van der Waals surface area contributed by atoms with Crippen molar-refractivity contribution >= 4 is 32.9 Å². The first-order valence-electron chi connectivity index (χ1n) is 9.41. The minimum atomic E-state index is -3.69. The molecule has 0 radical (unpaired) electrons. The van der Waals surface area contributed by atoms with Gasteiger partial charge < -0.3 is 4.57 Å². The van der Waals surface area contributed by atoms with Crippen molar-refractivity contribution < 1.29 is 13.2 Å². The predicted molar refractivity (Wildman–Crippen MR) is 115 cm³/mol. The van der Waals surface area contributed by atoms with Crippen LogP contribution in [-0.2, 0) is 15.6 Å². The first-order valence-corrected chi connectivity index (χ1v) is 10.9. The summed E-state index contributed by atoms with van der Waals surface area (Å²) in [6.45, 7) is 9.57. The van der Waals surface area contributed by atoms with Crippen molar-refractivity contribution in [2.75, 3.05) is 5.32 Å². The highest BCUT2D eigenvalue weighted by Gasteiger charge is 2.23. The van der Waals surface area contributed by atoms with Crippen LogP contribution in [0.25, 0.3) is 11.0 Å². The molecule has 0 saturated carbocycles. The van der Waals surface area contributed by atoms with Crippen LogP contribution >= 0.6 is 0 Å². The Morgan fingerprint density at radius 2 is 1.76 bits per heavy atom. The van der Waals surface area contributed by atoms with Gasteiger partial charge in [-0.2, -0.15) is 0 Å². The summed E-state index contributed by atoms with van der Waals surface area (Å²) in [6.07, 6.45) is 0. The minimum absolute atomic E-state index is 0.0446. The van der Waals surface area contributed by atoms with Gasteiger partial charge in [0, 0.05) is 17.1 Å². The van der Waals surface area contributed by atoms with Crippen LogP contribution in [0.3, 0.4) is 0 Å². The summed E-state index contributed by atoms with van der Waals surface area (Å²) in [6, 6.07) is 13.4. The summed E-state index contributed by atoms with van der Waals surface area (Å²) >= 11 is 0. The molecule has 0 aliphatic rings. The van der Waals surface area contributed by atoms with Crippen molar-refractivity contribution in [3.63, 3.8) is 0 Å². The molecule has 0 aliphatic carbocycles. The molecule has 1 aromatic heterocycles. The van der Waals surface area contributed by atoms with Crippen molar-refractivity contribution in [3.8, 4) is 0 Å². The molecule has 0 atom stereocenters. The second-order valence-electron chi connectivity index (χ2n) is 8.19. The minimum Gasteiger partial charge on any atom is -0.305 e. The average Bonchev–Trinajstić information content (AvgIpc) is 2.98. The van der Waals surface area contributed by atoms with E-state index in [1.807, 2.05) is 49.6 Å². The molecule has 0 fully saturated rings. The normalized spacial score (nSPS) is 12.5. The SMILES string of the molecule is CC(C)NS(=O)(=O)c1cccc(C(=O)Nc2nc3ccccc3n2C(C)(C)C)c1. The van der Waals surface area contributed by atoms with Crippen LogP contribution in [0.4, 0.5) is 5.95 Å². The number of nitrogens with zero attached hydrogens (tertiary/aromatic N) is 2. The van der Waals surface area contributed by atoms with Gasteiger partial charge >= 0.3 is 0 Å². The van der Waals surface area contributed by atoms with E-state index in [2.05, 4.69) is 15.0 Å². The Bertz CT molecular complexity index is 1160. The fraction of sp³-hybridized carbons (Fsp3) is 0.333. The number of amides is 1. The molecule has 0 spiro atoms. The lowest BCUT2D eigenvalue weighted by atomic mass is 10.1. The van der Waals surface area contributed by atoms with E-state index < -0.39 is 15.9 Å². The Balaban J connectivity index is 1.97. The third kappa shape index (κ3) is 4.49. The Morgan fingerprint density at radius 1 is 1.07 bits per heavy atom. The number of carbonyl (C=O) groups excluding carboxylic acids is 1. The number of sulfonamides is 1. The van der Waals surface area contributed by atoms with Gasteiger partial charge in [0.25, 0.3) is 5.91 Å². The summed E-state index contributed by atoms with van der Waals surface area (Å²) in [5, 5.41) is 2.84. The quantitative estimate of drug-likeness (QED) is 0.665. The zero-order valence-corrected chi connectivity index (χ0v) is 18.0. The van der Waals surface area contributed by atoms with Gasteiger partial charge in [-0.1, -0.05) is 18.2 Å². The van der Waals surface area contributed by atoms with Gasteiger partial charge in [-0.25, -0.2) is 18.1 Å². The highest BCUT2D eigenvalue weighted by molar-refractivity contribution is 7.89. The summed E-state index contributed by atoms with van der Waals surface area (Å²) in [5.41, 5.74) is 1.61. The molecule has 3 rings (SSSR count). The first-order chi connectivity index (χ1) is 13.5. The summed E-state index contributed by atoms with van der Waals surface area (Å²) < 4.78 is 29.3. The Labute approximate surface area is 171 Å². The van der Waals surface area contributed by atoms with E-state index in [0.717, 1.165) is 11.0 Å². The standard InChI is InChI=1S/C21H26N4O3S/c1-14(2)24-29(27,28)16-10-8-9-15(13-16)19(26)23-20-22-17-11-6-7-12-18(17)25(20)21(3,4)5/h6-14,24H,1-5H3,(H,22,23,26). The molecule has 2 N–H and O–H groups in total. The second-order valence-corrected chi connectivity index (χ2v) is 9.90. The second kappa shape index (κ2) is 7.61. The maximum absolute atomic E-state index is 12.9. The lowest BCUT2D eigenvalue weighted by Gasteiger charge is -2.24. The molecule has 0 bridgehead atoms. The zero-order chi connectivity index (χ0) is 21.4. The number of aromatic nitrogens is 2. The van der Waals surface area contributed by atoms with Gasteiger partial charge in [-0.3, -0.25) is 10.1 Å². The van der Waals surface area contributed by atoms with Crippen molar-refractivity contribution in [1.82, 2.24) is 14.3 Å². The van der Waals surface area contributed by atoms with Crippen LogP contribution in [0.1, 0.15) is 45.0 Å². The van der Waals surface area contributed by atoms with Crippen LogP contribution < -0.4 is 10.0 Å². The number of nitrogens with one attached hydrogen (secondary N) is 2. The Morgan fingerprint density at radius 3 is 2.41 bits per heavy atom.